The monoisotopic (exact) mass is 537 g/mol. The van der Waals surface area contributed by atoms with Crippen LogP contribution < -0.4 is 4.74 Å². The van der Waals surface area contributed by atoms with Gasteiger partial charge in [-0.15, -0.1) is 0 Å². The summed E-state index contributed by atoms with van der Waals surface area (Å²) in [6.07, 6.45) is -3.27. The van der Waals surface area contributed by atoms with Crippen molar-refractivity contribution in [2.75, 3.05) is 6.61 Å². The topological polar surface area (TPSA) is 111 Å². The van der Waals surface area contributed by atoms with E-state index >= 15 is 0 Å². The first-order valence-corrected chi connectivity index (χ1v) is 12.7. The molecule has 0 spiro atoms. The molecule has 188 valence electrons. The second-order valence-electron chi connectivity index (χ2n) is 7.53. The SMILES string of the molecule is Cc1c(OCC(F)(F)F)ccnc1CS(=O)c1nc2ccccc2n1S(=O)c1cccc(C(=O)O)c1. The molecule has 2 heterocycles. The van der Waals surface area contributed by atoms with E-state index in [4.69, 9.17) is 4.74 Å². The Bertz CT molecular complexity index is 1500. The number of alkyl halides is 3. The maximum Gasteiger partial charge on any atom is 0.422 e. The predicted octanol–water partition coefficient (Wildman–Crippen LogP) is 4.26. The molecule has 0 aliphatic rings. The number of para-hydroxylation sites is 2. The predicted molar refractivity (Wildman–Crippen MR) is 126 cm³/mol. The lowest BCUT2D eigenvalue weighted by molar-refractivity contribution is -0.153. The van der Waals surface area contributed by atoms with Crippen LogP contribution in [0.1, 0.15) is 21.6 Å². The molecule has 8 nitrogen and oxygen atoms in total. The van der Waals surface area contributed by atoms with Crippen molar-refractivity contribution in [1.29, 1.82) is 0 Å². The maximum atomic E-state index is 13.5. The molecular weight excluding hydrogens is 519 g/mol. The summed E-state index contributed by atoms with van der Waals surface area (Å²) in [6, 6.07) is 13.5. The zero-order valence-electron chi connectivity index (χ0n) is 18.6. The van der Waals surface area contributed by atoms with Gasteiger partial charge in [-0.05, 0) is 43.3 Å². The van der Waals surface area contributed by atoms with Crippen LogP contribution in [0.3, 0.4) is 0 Å². The third-order valence-electron chi connectivity index (χ3n) is 5.06. The normalized spacial score (nSPS) is 13.4. The quantitative estimate of drug-likeness (QED) is 0.358. The molecule has 0 radical (unpaired) electrons. The van der Waals surface area contributed by atoms with Gasteiger partial charge in [-0.25, -0.2) is 18.0 Å². The minimum atomic E-state index is -4.52. The summed E-state index contributed by atoms with van der Waals surface area (Å²) in [5, 5.41) is 9.23. The van der Waals surface area contributed by atoms with Crippen molar-refractivity contribution in [2.24, 2.45) is 0 Å². The fourth-order valence-corrected chi connectivity index (χ4v) is 6.09. The highest BCUT2D eigenvalue weighted by Gasteiger charge is 2.29. The number of carboxylic acid groups (broad SMARTS) is 1. The molecule has 2 unspecified atom stereocenters. The third kappa shape index (κ3) is 5.46. The minimum Gasteiger partial charge on any atom is -0.484 e. The maximum absolute atomic E-state index is 13.5. The fraction of sp³-hybridized carbons (Fsp3) is 0.174. The lowest BCUT2D eigenvalue weighted by Gasteiger charge is -2.13. The van der Waals surface area contributed by atoms with Gasteiger partial charge in [0.15, 0.2) is 17.6 Å². The first-order valence-electron chi connectivity index (χ1n) is 10.3. The minimum absolute atomic E-state index is 0.0445. The summed E-state index contributed by atoms with van der Waals surface area (Å²) in [6.45, 7) is 0.0222. The number of aromatic carboxylic acids is 1. The summed E-state index contributed by atoms with van der Waals surface area (Å²) < 4.78 is 70.8. The fourth-order valence-electron chi connectivity index (χ4n) is 3.34. The number of fused-ring (bicyclic) bond motifs is 1. The lowest BCUT2D eigenvalue weighted by Crippen LogP contribution is -2.20. The Balaban J connectivity index is 1.72. The van der Waals surface area contributed by atoms with E-state index in [1.54, 1.807) is 24.3 Å². The largest absolute Gasteiger partial charge is 0.484 e. The van der Waals surface area contributed by atoms with Gasteiger partial charge in [0, 0.05) is 11.8 Å². The Hall–Kier alpha value is -3.58. The molecule has 13 heteroatoms. The molecule has 0 fully saturated rings. The van der Waals surface area contributed by atoms with Crippen LogP contribution in [0.2, 0.25) is 0 Å². The summed E-state index contributed by atoms with van der Waals surface area (Å²) in [4.78, 5) is 20.0. The van der Waals surface area contributed by atoms with Gasteiger partial charge in [0.2, 0.25) is 5.16 Å². The summed E-state index contributed by atoms with van der Waals surface area (Å²) in [5.74, 6) is -1.47. The Kier molecular flexibility index (Phi) is 7.22. The number of hydrogen-bond donors (Lipinski definition) is 1. The van der Waals surface area contributed by atoms with Crippen molar-refractivity contribution in [3.05, 3.63) is 77.6 Å². The van der Waals surface area contributed by atoms with Crippen LogP contribution in [0.15, 0.2) is 70.8 Å². The molecule has 1 N–H and O–H groups in total. The Labute approximate surface area is 207 Å². The molecule has 36 heavy (non-hydrogen) atoms. The van der Waals surface area contributed by atoms with E-state index in [0.29, 0.717) is 11.0 Å². The van der Waals surface area contributed by atoms with E-state index in [9.17, 15) is 31.5 Å². The number of carbonyl (C=O) groups is 1. The average Bonchev–Trinajstić information content (AvgIpc) is 3.23. The van der Waals surface area contributed by atoms with Gasteiger partial charge in [0.1, 0.15) is 5.75 Å². The second-order valence-corrected chi connectivity index (χ2v) is 10.2. The summed E-state index contributed by atoms with van der Waals surface area (Å²) in [5.41, 5.74) is 1.27. The van der Waals surface area contributed by atoms with Crippen molar-refractivity contribution in [1.82, 2.24) is 13.9 Å². The van der Waals surface area contributed by atoms with Gasteiger partial charge in [-0.3, -0.25) is 9.19 Å². The number of nitrogens with zero attached hydrogens (tertiary/aromatic N) is 3. The molecule has 0 saturated carbocycles. The van der Waals surface area contributed by atoms with Crippen LogP contribution >= 0.6 is 0 Å². The molecule has 0 aliphatic heterocycles. The van der Waals surface area contributed by atoms with E-state index < -0.39 is 40.5 Å². The standard InChI is InChI=1S/C23H18F3N3O5S2/c1-14-18(27-10-9-20(14)34-13-23(24,25)26)12-35(32)22-28-17-7-2-3-8-19(17)29(22)36(33)16-6-4-5-15(11-16)21(30)31/h2-11H,12-13H2,1H3,(H,30,31). The van der Waals surface area contributed by atoms with E-state index in [-0.39, 0.29) is 38.4 Å². The number of halogens is 3. The van der Waals surface area contributed by atoms with Gasteiger partial charge in [-0.1, -0.05) is 18.2 Å². The highest BCUT2D eigenvalue weighted by Crippen LogP contribution is 2.27. The van der Waals surface area contributed by atoms with Crippen molar-refractivity contribution in [2.45, 2.75) is 28.9 Å². The molecule has 2 aromatic heterocycles. The summed E-state index contributed by atoms with van der Waals surface area (Å²) >= 11 is 0. The van der Waals surface area contributed by atoms with Crippen LogP contribution in [0.5, 0.6) is 5.75 Å². The van der Waals surface area contributed by atoms with Crippen LogP contribution in [0, 0.1) is 6.92 Å². The first-order chi connectivity index (χ1) is 17.0. The first kappa shape index (κ1) is 25.5. The highest BCUT2D eigenvalue weighted by atomic mass is 32.2. The van der Waals surface area contributed by atoms with Gasteiger partial charge < -0.3 is 9.84 Å². The molecule has 0 saturated heterocycles. The molecule has 2 atom stereocenters. The number of pyridine rings is 1. The van der Waals surface area contributed by atoms with Gasteiger partial charge in [-0.2, -0.15) is 13.2 Å². The average molecular weight is 538 g/mol. The van der Waals surface area contributed by atoms with E-state index in [2.05, 4.69) is 9.97 Å². The van der Waals surface area contributed by atoms with E-state index in [1.807, 2.05) is 0 Å². The highest BCUT2D eigenvalue weighted by molar-refractivity contribution is 7.86. The van der Waals surface area contributed by atoms with Gasteiger partial charge >= 0.3 is 12.1 Å². The van der Waals surface area contributed by atoms with Crippen LogP contribution in [-0.4, -0.2) is 46.2 Å². The van der Waals surface area contributed by atoms with Crippen molar-refractivity contribution >= 4 is 38.8 Å². The third-order valence-corrected chi connectivity index (χ3v) is 7.75. The van der Waals surface area contributed by atoms with Crippen LogP contribution in [0.4, 0.5) is 13.2 Å². The van der Waals surface area contributed by atoms with Crippen molar-refractivity contribution in [3.63, 3.8) is 0 Å². The molecule has 4 rings (SSSR count). The number of benzene rings is 2. The summed E-state index contributed by atoms with van der Waals surface area (Å²) in [7, 11) is -3.93. The van der Waals surface area contributed by atoms with Crippen LogP contribution in [-0.2, 0) is 27.5 Å². The lowest BCUT2D eigenvalue weighted by atomic mass is 10.2. The number of aromatic nitrogens is 3. The van der Waals surface area contributed by atoms with Crippen molar-refractivity contribution < 1.29 is 36.2 Å². The molecule has 0 bridgehead atoms. The molecular formula is C23H18F3N3O5S2. The van der Waals surface area contributed by atoms with Gasteiger partial charge in [0.25, 0.3) is 0 Å². The number of hydrogen-bond acceptors (Lipinski definition) is 6. The zero-order chi connectivity index (χ0) is 26.0. The van der Waals surface area contributed by atoms with Crippen molar-refractivity contribution in [3.8, 4) is 5.75 Å². The molecule has 4 aromatic rings. The Morgan fingerprint density at radius 3 is 2.58 bits per heavy atom. The molecule has 0 aliphatic carbocycles. The van der Waals surface area contributed by atoms with Crippen LogP contribution in [0.25, 0.3) is 11.0 Å². The number of carboxylic acids is 1. The Morgan fingerprint density at radius 1 is 1.11 bits per heavy atom. The van der Waals surface area contributed by atoms with E-state index in [0.717, 1.165) is 0 Å². The number of imidazole rings is 1. The number of rotatable bonds is 8. The second kappa shape index (κ2) is 10.2. The smallest absolute Gasteiger partial charge is 0.422 e. The van der Waals surface area contributed by atoms with Gasteiger partial charge in [0.05, 0.1) is 43.7 Å². The molecule has 2 aromatic carbocycles. The molecule has 0 amide bonds. The Morgan fingerprint density at radius 2 is 1.86 bits per heavy atom. The zero-order valence-corrected chi connectivity index (χ0v) is 20.2. The number of ether oxygens (including phenoxy) is 1. The van der Waals surface area contributed by atoms with E-state index in [1.165, 1.54) is 47.4 Å².